The molecule has 1 aromatic rings. The van der Waals surface area contributed by atoms with E-state index in [-0.39, 0.29) is 0 Å². The van der Waals surface area contributed by atoms with Crippen LogP contribution in [0.5, 0.6) is 0 Å². The lowest BCUT2D eigenvalue weighted by atomic mass is 10.2. The molecular weight excluding hydrogens is 202 g/mol. The van der Waals surface area contributed by atoms with Crippen LogP contribution >= 0.6 is 0 Å². The van der Waals surface area contributed by atoms with Crippen molar-refractivity contribution in [3.63, 3.8) is 0 Å². The van der Waals surface area contributed by atoms with E-state index in [1.165, 1.54) is 12.8 Å². The van der Waals surface area contributed by atoms with Gasteiger partial charge < -0.3 is 5.32 Å². The SMILES string of the molecule is Cn1nccc1CCC(=O)CNCC1CC1. The van der Waals surface area contributed by atoms with Crippen molar-refractivity contribution in [3.8, 4) is 0 Å². The van der Waals surface area contributed by atoms with Crippen LogP contribution in [0.2, 0.25) is 0 Å². The second kappa shape index (κ2) is 5.25. The maximum atomic E-state index is 11.6. The maximum absolute atomic E-state index is 11.6. The predicted octanol–water partition coefficient (Wildman–Crippen LogP) is 0.921. The summed E-state index contributed by atoms with van der Waals surface area (Å²) in [6.45, 7) is 1.53. The molecule has 1 N–H and O–H groups in total. The van der Waals surface area contributed by atoms with Gasteiger partial charge in [0.25, 0.3) is 0 Å². The van der Waals surface area contributed by atoms with Crippen LogP contribution in [0.1, 0.15) is 25.0 Å². The van der Waals surface area contributed by atoms with Crippen LogP contribution in [0.4, 0.5) is 0 Å². The average molecular weight is 221 g/mol. The highest BCUT2D eigenvalue weighted by Gasteiger charge is 2.20. The second-order valence-electron chi connectivity index (χ2n) is 4.56. The number of ketones is 1. The number of hydrogen-bond donors (Lipinski definition) is 1. The van der Waals surface area contributed by atoms with Gasteiger partial charge in [-0.3, -0.25) is 9.48 Å². The topological polar surface area (TPSA) is 46.9 Å². The molecule has 88 valence electrons. The molecule has 4 heteroatoms. The van der Waals surface area contributed by atoms with E-state index in [4.69, 9.17) is 0 Å². The zero-order valence-corrected chi connectivity index (χ0v) is 9.78. The van der Waals surface area contributed by atoms with E-state index in [0.29, 0.717) is 18.7 Å². The molecule has 1 fully saturated rings. The number of Topliss-reactive ketones (excluding diaryl/α,β-unsaturated/α-hetero) is 1. The summed E-state index contributed by atoms with van der Waals surface area (Å²) in [6, 6.07) is 1.96. The van der Waals surface area contributed by atoms with E-state index in [9.17, 15) is 4.79 Å². The van der Waals surface area contributed by atoms with Gasteiger partial charge in [0.2, 0.25) is 0 Å². The zero-order valence-electron chi connectivity index (χ0n) is 9.78. The lowest BCUT2D eigenvalue weighted by Crippen LogP contribution is -2.25. The number of rotatable bonds is 7. The normalized spacial score (nSPS) is 15.3. The van der Waals surface area contributed by atoms with Crippen molar-refractivity contribution in [1.82, 2.24) is 15.1 Å². The summed E-state index contributed by atoms with van der Waals surface area (Å²) >= 11 is 0. The molecule has 0 bridgehead atoms. The van der Waals surface area contributed by atoms with Crippen LogP contribution in [0.15, 0.2) is 12.3 Å². The molecule has 16 heavy (non-hydrogen) atoms. The Hall–Kier alpha value is -1.16. The molecule has 0 amide bonds. The number of hydrogen-bond acceptors (Lipinski definition) is 3. The lowest BCUT2D eigenvalue weighted by molar-refractivity contribution is -0.118. The first-order chi connectivity index (χ1) is 7.75. The summed E-state index contributed by atoms with van der Waals surface area (Å²) in [6.07, 6.45) is 5.83. The second-order valence-corrected chi connectivity index (χ2v) is 4.56. The Morgan fingerprint density at radius 3 is 3.06 bits per heavy atom. The maximum Gasteiger partial charge on any atom is 0.147 e. The molecule has 0 atom stereocenters. The van der Waals surface area contributed by atoms with Crippen molar-refractivity contribution in [2.45, 2.75) is 25.7 Å². The fourth-order valence-corrected chi connectivity index (χ4v) is 1.74. The van der Waals surface area contributed by atoms with Gasteiger partial charge in [0.1, 0.15) is 5.78 Å². The smallest absolute Gasteiger partial charge is 0.147 e. The lowest BCUT2D eigenvalue weighted by Gasteiger charge is -2.03. The molecule has 0 saturated heterocycles. The van der Waals surface area contributed by atoms with E-state index in [1.807, 2.05) is 17.8 Å². The molecule has 0 unspecified atom stereocenters. The van der Waals surface area contributed by atoms with Gasteiger partial charge in [-0.15, -0.1) is 0 Å². The van der Waals surface area contributed by atoms with Crippen molar-refractivity contribution >= 4 is 5.78 Å². The number of aromatic nitrogens is 2. The Morgan fingerprint density at radius 2 is 2.44 bits per heavy atom. The van der Waals surface area contributed by atoms with Crippen molar-refractivity contribution in [2.75, 3.05) is 13.1 Å². The number of nitrogens with zero attached hydrogens (tertiary/aromatic N) is 2. The molecule has 0 spiro atoms. The molecule has 1 saturated carbocycles. The molecule has 0 radical (unpaired) electrons. The molecule has 1 aliphatic carbocycles. The average Bonchev–Trinajstić information content (AvgIpc) is 2.99. The van der Waals surface area contributed by atoms with Gasteiger partial charge in [0.05, 0.1) is 6.54 Å². The van der Waals surface area contributed by atoms with E-state index < -0.39 is 0 Å². The summed E-state index contributed by atoms with van der Waals surface area (Å²) in [5.74, 6) is 1.13. The van der Waals surface area contributed by atoms with Gasteiger partial charge >= 0.3 is 0 Å². The number of nitrogens with one attached hydrogen (secondary N) is 1. The standard InChI is InChI=1S/C12H19N3O/c1-15-11(6-7-14-15)4-5-12(16)9-13-8-10-2-3-10/h6-7,10,13H,2-5,8-9H2,1H3. The van der Waals surface area contributed by atoms with Crippen molar-refractivity contribution in [3.05, 3.63) is 18.0 Å². The number of aryl methyl sites for hydroxylation is 2. The molecule has 1 aliphatic rings. The van der Waals surface area contributed by atoms with E-state index in [1.54, 1.807) is 6.20 Å². The highest BCUT2D eigenvalue weighted by Crippen LogP contribution is 2.27. The summed E-state index contributed by atoms with van der Waals surface area (Å²) in [7, 11) is 1.91. The van der Waals surface area contributed by atoms with Gasteiger partial charge in [-0.1, -0.05) is 0 Å². The number of carbonyl (C=O) groups is 1. The third-order valence-electron chi connectivity index (χ3n) is 3.03. The van der Waals surface area contributed by atoms with Crippen LogP contribution in [-0.4, -0.2) is 28.7 Å². The van der Waals surface area contributed by atoms with Gasteiger partial charge in [-0.05, 0) is 37.8 Å². The Balaban J connectivity index is 1.61. The van der Waals surface area contributed by atoms with Crippen molar-refractivity contribution in [2.24, 2.45) is 13.0 Å². The van der Waals surface area contributed by atoms with Gasteiger partial charge in [-0.25, -0.2) is 0 Å². The minimum atomic E-state index is 0.293. The Labute approximate surface area is 96.0 Å². The molecule has 1 aromatic heterocycles. The highest BCUT2D eigenvalue weighted by molar-refractivity contribution is 5.80. The Kier molecular flexibility index (Phi) is 3.72. The molecule has 2 rings (SSSR count). The van der Waals surface area contributed by atoms with Gasteiger partial charge in [-0.2, -0.15) is 5.10 Å². The Morgan fingerprint density at radius 1 is 1.62 bits per heavy atom. The van der Waals surface area contributed by atoms with Gasteiger partial charge in [0.15, 0.2) is 0 Å². The highest BCUT2D eigenvalue weighted by atomic mass is 16.1. The fourth-order valence-electron chi connectivity index (χ4n) is 1.74. The Bertz CT molecular complexity index is 355. The minimum absolute atomic E-state index is 0.293. The van der Waals surface area contributed by atoms with Crippen LogP contribution < -0.4 is 5.32 Å². The molecule has 0 aliphatic heterocycles. The number of carbonyl (C=O) groups excluding carboxylic acids is 1. The summed E-state index contributed by atoms with van der Waals surface area (Å²) in [4.78, 5) is 11.6. The van der Waals surface area contributed by atoms with Crippen LogP contribution in [-0.2, 0) is 18.3 Å². The molecule has 1 heterocycles. The van der Waals surface area contributed by atoms with Gasteiger partial charge in [0, 0.05) is 25.4 Å². The fraction of sp³-hybridized carbons (Fsp3) is 0.667. The van der Waals surface area contributed by atoms with Crippen molar-refractivity contribution in [1.29, 1.82) is 0 Å². The van der Waals surface area contributed by atoms with E-state index in [2.05, 4.69) is 10.4 Å². The molecule has 4 nitrogen and oxygen atoms in total. The van der Waals surface area contributed by atoms with E-state index >= 15 is 0 Å². The molecule has 0 aromatic carbocycles. The third-order valence-corrected chi connectivity index (χ3v) is 3.03. The van der Waals surface area contributed by atoms with Crippen LogP contribution in [0.3, 0.4) is 0 Å². The first-order valence-corrected chi connectivity index (χ1v) is 5.95. The minimum Gasteiger partial charge on any atom is -0.310 e. The summed E-state index contributed by atoms with van der Waals surface area (Å²) in [5, 5.41) is 7.30. The van der Waals surface area contributed by atoms with E-state index in [0.717, 1.165) is 24.6 Å². The van der Waals surface area contributed by atoms with Crippen LogP contribution in [0.25, 0.3) is 0 Å². The molecular formula is C12H19N3O. The summed E-state index contributed by atoms with van der Waals surface area (Å²) in [5.41, 5.74) is 1.12. The zero-order chi connectivity index (χ0) is 11.4. The quantitative estimate of drug-likeness (QED) is 0.745. The monoisotopic (exact) mass is 221 g/mol. The first-order valence-electron chi connectivity index (χ1n) is 5.95. The van der Waals surface area contributed by atoms with Crippen molar-refractivity contribution < 1.29 is 4.79 Å². The third kappa shape index (κ3) is 3.45. The van der Waals surface area contributed by atoms with Crippen LogP contribution in [0, 0.1) is 5.92 Å². The predicted molar refractivity (Wildman–Crippen MR) is 62.1 cm³/mol. The largest absolute Gasteiger partial charge is 0.310 e. The summed E-state index contributed by atoms with van der Waals surface area (Å²) < 4.78 is 1.82. The first kappa shape index (κ1) is 11.3.